The molecular weight excluding hydrogens is 532 g/mol. The Hall–Kier alpha value is -3.29. The zero-order chi connectivity index (χ0) is 27.9. The number of piperidine rings is 1. The molecule has 2 heterocycles. The van der Waals surface area contributed by atoms with E-state index >= 15 is 0 Å². The van der Waals surface area contributed by atoms with Gasteiger partial charge in [0, 0.05) is 25.2 Å². The lowest BCUT2D eigenvalue weighted by Crippen LogP contribution is -2.42. The molecule has 0 aromatic heterocycles. The summed E-state index contributed by atoms with van der Waals surface area (Å²) in [4.78, 5) is 30.7. The van der Waals surface area contributed by atoms with Gasteiger partial charge in [0.05, 0.1) is 16.6 Å². The molecule has 1 unspecified atom stereocenters. The number of halogens is 3. The van der Waals surface area contributed by atoms with Gasteiger partial charge in [-0.15, -0.1) is 0 Å². The number of hydrogen-bond donors (Lipinski definition) is 1. The molecule has 3 aromatic carbocycles. The number of likely N-dealkylation sites (tertiary alicyclic amines) is 2. The van der Waals surface area contributed by atoms with Gasteiger partial charge in [-0.05, 0) is 104 Å². The molecule has 1 aliphatic carbocycles. The number of rotatable bonds is 5. The van der Waals surface area contributed by atoms with Crippen LogP contribution in [-0.4, -0.2) is 47.8 Å². The van der Waals surface area contributed by atoms with Crippen LogP contribution >= 0.6 is 11.6 Å². The van der Waals surface area contributed by atoms with Gasteiger partial charge in [0.15, 0.2) is 11.6 Å². The van der Waals surface area contributed by atoms with Gasteiger partial charge < -0.3 is 10.2 Å². The summed E-state index contributed by atoms with van der Waals surface area (Å²) in [6.45, 7) is 3.79. The molecule has 40 heavy (non-hydrogen) atoms. The van der Waals surface area contributed by atoms with E-state index in [1.807, 2.05) is 23.1 Å². The van der Waals surface area contributed by atoms with Crippen LogP contribution in [0.15, 0.2) is 60.7 Å². The molecule has 0 radical (unpaired) electrons. The van der Waals surface area contributed by atoms with Crippen molar-refractivity contribution >= 4 is 23.4 Å². The van der Waals surface area contributed by atoms with Gasteiger partial charge in [0.25, 0.3) is 11.8 Å². The lowest BCUT2D eigenvalue weighted by atomic mass is 9.77. The third-order valence-corrected chi connectivity index (χ3v) is 9.26. The zero-order valence-electron chi connectivity index (χ0n) is 22.3. The maximum absolute atomic E-state index is 13.6. The summed E-state index contributed by atoms with van der Waals surface area (Å²) < 4.78 is 26.9. The minimum absolute atomic E-state index is 0.0342. The molecule has 3 aromatic rings. The van der Waals surface area contributed by atoms with E-state index in [2.05, 4.69) is 10.2 Å². The third kappa shape index (κ3) is 5.37. The van der Waals surface area contributed by atoms with Crippen molar-refractivity contribution in [3.63, 3.8) is 0 Å². The Bertz CT molecular complexity index is 1450. The van der Waals surface area contributed by atoms with Gasteiger partial charge in [-0.3, -0.25) is 14.5 Å². The Morgan fingerprint density at radius 2 is 1.73 bits per heavy atom. The van der Waals surface area contributed by atoms with Crippen LogP contribution in [-0.2, 0) is 13.0 Å². The highest BCUT2D eigenvalue weighted by molar-refractivity contribution is 6.33. The monoisotopic (exact) mass is 563 g/mol. The van der Waals surface area contributed by atoms with Gasteiger partial charge in [-0.25, -0.2) is 8.78 Å². The molecule has 0 bridgehead atoms. The number of benzene rings is 3. The maximum atomic E-state index is 13.6. The predicted octanol–water partition coefficient (Wildman–Crippen LogP) is 6.16. The largest absolute Gasteiger partial charge is 0.345 e. The average Bonchev–Trinajstić information content (AvgIpc) is 3.56. The maximum Gasteiger partial charge on any atom is 0.253 e. The first-order valence-electron chi connectivity index (χ1n) is 13.9. The third-order valence-electron chi connectivity index (χ3n) is 8.93. The van der Waals surface area contributed by atoms with Crippen LogP contribution in [0.1, 0.15) is 69.1 Å². The molecule has 1 atom stereocenters. The first kappa shape index (κ1) is 26.9. The van der Waals surface area contributed by atoms with Crippen LogP contribution in [0.25, 0.3) is 0 Å². The van der Waals surface area contributed by atoms with Crippen LogP contribution in [0, 0.1) is 17.0 Å². The van der Waals surface area contributed by atoms with Crippen molar-refractivity contribution in [1.82, 2.24) is 15.1 Å². The predicted molar refractivity (Wildman–Crippen MR) is 150 cm³/mol. The van der Waals surface area contributed by atoms with E-state index in [-0.39, 0.29) is 23.3 Å². The molecule has 208 valence electrons. The number of nitrogens with one attached hydrogen (secondary N) is 1. The van der Waals surface area contributed by atoms with Crippen molar-refractivity contribution < 1.29 is 18.4 Å². The second-order valence-corrected chi connectivity index (χ2v) is 11.9. The van der Waals surface area contributed by atoms with Crippen LogP contribution in [0.2, 0.25) is 5.02 Å². The Morgan fingerprint density at radius 1 is 0.950 bits per heavy atom. The molecule has 2 saturated heterocycles. The summed E-state index contributed by atoms with van der Waals surface area (Å²) in [5.41, 5.74) is 4.14. The molecule has 3 aliphatic rings. The van der Waals surface area contributed by atoms with Gasteiger partial charge in [-0.2, -0.15) is 0 Å². The number of amides is 2. The van der Waals surface area contributed by atoms with Gasteiger partial charge in [0.1, 0.15) is 0 Å². The first-order valence-corrected chi connectivity index (χ1v) is 14.3. The highest BCUT2D eigenvalue weighted by Crippen LogP contribution is 2.41. The highest BCUT2D eigenvalue weighted by atomic mass is 35.5. The molecule has 1 spiro atoms. The number of aryl methyl sites for hydroxylation is 1. The lowest BCUT2D eigenvalue weighted by Gasteiger charge is -2.39. The first-order chi connectivity index (χ1) is 19.3. The molecule has 5 nitrogen and oxygen atoms in total. The fourth-order valence-electron chi connectivity index (χ4n) is 6.55. The van der Waals surface area contributed by atoms with E-state index in [4.69, 9.17) is 11.6 Å². The Balaban J connectivity index is 1.08. The van der Waals surface area contributed by atoms with E-state index in [1.54, 1.807) is 30.3 Å². The highest BCUT2D eigenvalue weighted by Gasteiger charge is 2.42. The summed E-state index contributed by atoms with van der Waals surface area (Å²) in [6.07, 6.45) is 4.56. The van der Waals surface area contributed by atoms with E-state index in [1.165, 1.54) is 12.1 Å². The summed E-state index contributed by atoms with van der Waals surface area (Å²) in [5, 5.41) is 3.53. The molecule has 6 rings (SSSR count). The minimum Gasteiger partial charge on any atom is -0.345 e. The van der Waals surface area contributed by atoms with Gasteiger partial charge in [-0.1, -0.05) is 35.9 Å². The summed E-state index contributed by atoms with van der Waals surface area (Å²) in [7, 11) is 0. The normalized spacial score (nSPS) is 20.1. The molecule has 2 fully saturated rings. The molecule has 8 heteroatoms. The SMILES string of the molecule is O=C(NC1CCc2ccc(C(=O)N3CCC4(CCN(Cc5ccc(F)c(F)c5)CC4)C3)cc21)c1ccccc1Cl. The second-order valence-electron chi connectivity index (χ2n) is 11.5. The van der Waals surface area contributed by atoms with Gasteiger partial charge >= 0.3 is 0 Å². The van der Waals surface area contributed by atoms with Crippen LogP contribution in [0.5, 0.6) is 0 Å². The van der Waals surface area contributed by atoms with Crippen molar-refractivity contribution in [2.24, 2.45) is 5.41 Å². The fraction of sp³-hybridized carbons (Fsp3) is 0.375. The Labute approximate surface area is 238 Å². The standard InChI is InChI=1S/C32H32ClF2N3O2/c33-26-4-2-1-3-24(26)30(39)36-29-10-8-22-6-7-23(18-25(22)29)31(40)38-16-13-32(20-38)11-14-37(15-12-32)19-21-5-9-27(34)28(35)17-21/h1-7,9,17-18,29H,8,10-16,19-20H2,(H,36,39). The number of carbonyl (C=O) groups is 2. The number of nitrogens with zero attached hydrogens (tertiary/aromatic N) is 2. The second kappa shape index (κ2) is 10.9. The van der Waals surface area contributed by atoms with Crippen molar-refractivity contribution in [2.45, 2.75) is 44.7 Å². The van der Waals surface area contributed by atoms with Crippen molar-refractivity contribution in [3.8, 4) is 0 Å². The number of hydrogen-bond acceptors (Lipinski definition) is 3. The number of fused-ring (bicyclic) bond motifs is 1. The smallest absolute Gasteiger partial charge is 0.253 e. The van der Waals surface area contributed by atoms with Crippen molar-refractivity contribution in [3.05, 3.63) is 105 Å². The Morgan fingerprint density at radius 3 is 2.50 bits per heavy atom. The van der Waals surface area contributed by atoms with E-state index < -0.39 is 11.6 Å². The van der Waals surface area contributed by atoms with E-state index in [9.17, 15) is 18.4 Å². The quantitative estimate of drug-likeness (QED) is 0.404. The average molecular weight is 564 g/mol. The van der Waals surface area contributed by atoms with Gasteiger partial charge in [0.2, 0.25) is 0 Å². The van der Waals surface area contributed by atoms with Crippen molar-refractivity contribution in [1.29, 1.82) is 0 Å². The number of carbonyl (C=O) groups excluding carboxylic acids is 2. The summed E-state index contributed by atoms with van der Waals surface area (Å²) in [6, 6.07) is 16.8. The van der Waals surface area contributed by atoms with E-state index in [0.29, 0.717) is 22.7 Å². The lowest BCUT2D eigenvalue weighted by molar-refractivity contribution is 0.0713. The molecule has 2 amide bonds. The summed E-state index contributed by atoms with van der Waals surface area (Å²) in [5.74, 6) is -1.81. The minimum atomic E-state index is -0.821. The molecule has 0 saturated carbocycles. The molecule has 1 N–H and O–H groups in total. The van der Waals surface area contributed by atoms with Crippen LogP contribution in [0.4, 0.5) is 8.78 Å². The summed E-state index contributed by atoms with van der Waals surface area (Å²) >= 11 is 6.22. The van der Waals surface area contributed by atoms with Crippen LogP contribution in [0.3, 0.4) is 0 Å². The topological polar surface area (TPSA) is 52.7 Å². The van der Waals surface area contributed by atoms with E-state index in [0.717, 1.165) is 75.0 Å². The zero-order valence-corrected chi connectivity index (χ0v) is 23.0. The van der Waals surface area contributed by atoms with Crippen molar-refractivity contribution in [2.75, 3.05) is 26.2 Å². The molecule has 2 aliphatic heterocycles. The Kier molecular flexibility index (Phi) is 7.36. The molecular formula is C32H32ClF2N3O2. The fourth-order valence-corrected chi connectivity index (χ4v) is 6.77. The van der Waals surface area contributed by atoms with Crippen LogP contribution < -0.4 is 5.32 Å².